The Labute approximate surface area is 143 Å². The third-order valence-electron chi connectivity index (χ3n) is 4.76. The Kier molecular flexibility index (Phi) is 4.45. The average Bonchev–Trinajstić information content (AvgIpc) is 2.54. The lowest BCUT2D eigenvalue weighted by Gasteiger charge is -2.36. The van der Waals surface area contributed by atoms with Gasteiger partial charge in [-0.1, -0.05) is 26.0 Å². The van der Waals surface area contributed by atoms with Gasteiger partial charge in [0, 0.05) is 37.0 Å². The topological polar surface area (TPSA) is 64.3 Å². The number of nitrogens with zero attached hydrogens (tertiary/aromatic N) is 3. The van der Waals surface area contributed by atoms with E-state index < -0.39 is 0 Å². The first-order valence-electron chi connectivity index (χ1n) is 8.47. The molecule has 0 aliphatic heterocycles. The number of hydrogen-bond donors (Lipinski definition) is 1. The lowest BCUT2D eigenvalue weighted by atomic mass is 9.71. The van der Waals surface area contributed by atoms with Crippen molar-refractivity contribution < 1.29 is 4.74 Å². The van der Waals surface area contributed by atoms with Crippen molar-refractivity contribution in [1.29, 1.82) is 0 Å². The first kappa shape index (κ1) is 16.7. The number of likely N-dealkylation sites (N-methyl/N-ethyl adjacent to an activating group) is 1. The fourth-order valence-electron chi connectivity index (χ4n) is 3.61. The number of aromatic nitrogens is 2. The van der Waals surface area contributed by atoms with Gasteiger partial charge in [-0.15, -0.1) is 0 Å². The van der Waals surface area contributed by atoms with Gasteiger partial charge in [0.05, 0.1) is 12.3 Å². The number of nitrogen functional groups attached to an aromatic ring is 1. The molecule has 1 aromatic carbocycles. The second-order valence-electron chi connectivity index (χ2n) is 6.96. The largest absolute Gasteiger partial charge is 0.383 e. The highest BCUT2D eigenvalue weighted by Gasteiger charge is 2.35. The van der Waals surface area contributed by atoms with Crippen molar-refractivity contribution in [3.8, 4) is 11.3 Å². The fourth-order valence-corrected chi connectivity index (χ4v) is 3.61. The molecule has 0 amide bonds. The molecule has 2 aromatic rings. The van der Waals surface area contributed by atoms with Crippen molar-refractivity contribution in [1.82, 2.24) is 9.97 Å². The average molecular weight is 326 g/mol. The zero-order valence-electron chi connectivity index (χ0n) is 15.0. The third-order valence-corrected chi connectivity index (χ3v) is 4.76. The van der Waals surface area contributed by atoms with Crippen LogP contribution in [0.1, 0.15) is 31.9 Å². The minimum Gasteiger partial charge on any atom is -0.383 e. The Balaban J connectivity index is 2.07. The minimum absolute atomic E-state index is 0.0927. The van der Waals surface area contributed by atoms with Crippen LogP contribution in [0.4, 0.5) is 11.5 Å². The Hall–Kier alpha value is -2.14. The van der Waals surface area contributed by atoms with E-state index in [9.17, 15) is 0 Å². The molecule has 1 aliphatic rings. The summed E-state index contributed by atoms with van der Waals surface area (Å²) in [7, 11) is 2.12. The van der Waals surface area contributed by atoms with Crippen LogP contribution >= 0.6 is 0 Å². The monoisotopic (exact) mass is 326 g/mol. The van der Waals surface area contributed by atoms with Crippen LogP contribution in [-0.2, 0) is 16.6 Å². The van der Waals surface area contributed by atoms with Crippen LogP contribution in [-0.4, -0.2) is 36.8 Å². The predicted octanol–water partition coefficient (Wildman–Crippen LogP) is 3.03. The summed E-state index contributed by atoms with van der Waals surface area (Å²) in [6.45, 7) is 8.79. The van der Waals surface area contributed by atoms with Crippen molar-refractivity contribution >= 4 is 11.5 Å². The van der Waals surface area contributed by atoms with Gasteiger partial charge in [-0.2, -0.15) is 0 Å². The van der Waals surface area contributed by atoms with Crippen molar-refractivity contribution in [2.75, 3.05) is 37.4 Å². The summed E-state index contributed by atoms with van der Waals surface area (Å²) in [5.41, 5.74) is 11.8. The first-order chi connectivity index (χ1) is 11.5. The number of fused-ring (bicyclic) bond motifs is 3. The molecule has 128 valence electrons. The van der Waals surface area contributed by atoms with Gasteiger partial charge in [-0.3, -0.25) is 0 Å². The Bertz CT molecular complexity index is 742. The maximum absolute atomic E-state index is 6.17. The van der Waals surface area contributed by atoms with E-state index >= 15 is 0 Å². The Morgan fingerprint density at radius 2 is 2.08 bits per heavy atom. The lowest BCUT2D eigenvalue weighted by Crippen LogP contribution is -2.31. The van der Waals surface area contributed by atoms with Crippen LogP contribution in [0.2, 0.25) is 0 Å². The molecular weight excluding hydrogens is 300 g/mol. The molecule has 2 N–H and O–H groups in total. The highest BCUT2D eigenvalue weighted by atomic mass is 16.5. The molecule has 0 saturated carbocycles. The van der Waals surface area contributed by atoms with Crippen LogP contribution in [0, 0.1) is 0 Å². The summed E-state index contributed by atoms with van der Waals surface area (Å²) in [5.74, 6) is 0.589. The van der Waals surface area contributed by atoms with E-state index in [0.717, 1.165) is 37.4 Å². The van der Waals surface area contributed by atoms with Gasteiger partial charge < -0.3 is 15.4 Å². The molecule has 1 aromatic heterocycles. The van der Waals surface area contributed by atoms with E-state index in [2.05, 4.69) is 54.0 Å². The summed E-state index contributed by atoms with van der Waals surface area (Å²) in [6.07, 6.45) is 2.48. The maximum Gasteiger partial charge on any atom is 0.131 e. The number of rotatable bonds is 5. The van der Waals surface area contributed by atoms with Gasteiger partial charge in [0.25, 0.3) is 0 Å². The van der Waals surface area contributed by atoms with Crippen LogP contribution in [0.25, 0.3) is 11.3 Å². The smallest absolute Gasteiger partial charge is 0.131 e. The molecule has 0 unspecified atom stereocenters. The molecule has 0 bridgehead atoms. The minimum atomic E-state index is -0.0927. The molecular formula is C19H26N4O. The highest BCUT2D eigenvalue weighted by molar-refractivity contribution is 5.80. The highest BCUT2D eigenvalue weighted by Crippen LogP contribution is 2.46. The summed E-state index contributed by atoms with van der Waals surface area (Å²) in [4.78, 5) is 11.0. The van der Waals surface area contributed by atoms with Crippen LogP contribution in [0.15, 0.2) is 24.5 Å². The van der Waals surface area contributed by atoms with Crippen LogP contribution in [0.5, 0.6) is 0 Å². The molecule has 5 heteroatoms. The van der Waals surface area contributed by atoms with E-state index in [1.165, 1.54) is 16.8 Å². The standard InChI is InChI=1S/C19H26N4O/c1-5-24-10-9-23(4)15-8-6-7-13-14(15)11-19(2,3)16-17(13)21-12-22-18(16)20/h6-8,12H,5,9-11H2,1-4H3,(H2,20,21,22). The van der Waals surface area contributed by atoms with E-state index in [4.69, 9.17) is 10.5 Å². The maximum atomic E-state index is 6.17. The second kappa shape index (κ2) is 6.40. The molecule has 0 spiro atoms. The van der Waals surface area contributed by atoms with E-state index in [1.54, 1.807) is 6.33 Å². The molecule has 0 radical (unpaired) electrons. The molecule has 0 atom stereocenters. The van der Waals surface area contributed by atoms with Crippen LogP contribution < -0.4 is 10.6 Å². The predicted molar refractivity (Wildman–Crippen MR) is 98.4 cm³/mol. The van der Waals surface area contributed by atoms with Gasteiger partial charge in [0.15, 0.2) is 0 Å². The van der Waals surface area contributed by atoms with E-state index in [0.29, 0.717) is 5.82 Å². The first-order valence-corrected chi connectivity index (χ1v) is 8.47. The lowest BCUT2D eigenvalue weighted by molar-refractivity contribution is 0.154. The quantitative estimate of drug-likeness (QED) is 0.856. The molecule has 0 fully saturated rings. The number of nitrogens with two attached hydrogens (primary N) is 1. The van der Waals surface area contributed by atoms with Gasteiger partial charge in [-0.05, 0) is 30.4 Å². The van der Waals surface area contributed by atoms with E-state index in [-0.39, 0.29) is 5.41 Å². The number of hydrogen-bond acceptors (Lipinski definition) is 5. The molecule has 5 nitrogen and oxygen atoms in total. The third kappa shape index (κ3) is 2.84. The SMILES string of the molecule is CCOCCN(C)c1cccc2c1CC(C)(C)c1c(N)ncnc1-2. The number of anilines is 2. The van der Waals surface area contributed by atoms with Crippen molar-refractivity contribution in [3.05, 3.63) is 35.7 Å². The Morgan fingerprint density at radius 3 is 2.83 bits per heavy atom. The van der Waals surface area contributed by atoms with Gasteiger partial charge >= 0.3 is 0 Å². The van der Waals surface area contributed by atoms with Gasteiger partial charge in [0.2, 0.25) is 0 Å². The summed E-state index contributed by atoms with van der Waals surface area (Å²) < 4.78 is 5.50. The van der Waals surface area contributed by atoms with Crippen molar-refractivity contribution in [3.63, 3.8) is 0 Å². The number of ether oxygens (including phenoxy) is 1. The molecule has 24 heavy (non-hydrogen) atoms. The molecule has 3 rings (SSSR count). The van der Waals surface area contributed by atoms with Crippen molar-refractivity contribution in [2.45, 2.75) is 32.6 Å². The second-order valence-corrected chi connectivity index (χ2v) is 6.96. The summed E-state index contributed by atoms with van der Waals surface area (Å²) >= 11 is 0. The normalized spacial score (nSPS) is 14.8. The Morgan fingerprint density at radius 1 is 1.29 bits per heavy atom. The summed E-state index contributed by atoms with van der Waals surface area (Å²) in [6, 6.07) is 6.40. The molecule has 0 saturated heterocycles. The summed E-state index contributed by atoms with van der Waals surface area (Å²) in [5, 5.41) is 0. The van der Waals surface area contributed by atoms with Gasteiger partial charge in [0.1, 0.15) is 12.1 Å². The molecule has 1 aliphatic carbocycles. The zero-order valence-corrected chi connectivity index (χ0v) is 15.0. The zero-order chi connectivity index (χ0) is 17.3. The van der Waals surface area contributed by atoms with Gasteiger partial charge in [-0.25, -0.2) is 9.97 Å². The number of benzene rings is 1. The van der Waals surface area contributed by atoms with Crippen molar-refractivity contribution in [2.24, 2.45) is 0 Å². The fraction of sp³-hybridized carbons (Fsp3) is 0.474. The molecule has 1 heterocycles. The van der Waals surface area contributed by atoms with Crippen LogP contribution in [0.3, 0.4) is 0 Å². The van der Waals surface area contributed by atoms with E-state index in [1.807, 2.05) is 6.92 Å².